The van der Waals surface area contributed by atoms with E-state index in [1.807, 2.05) is 91.9 Å². The first-order valence-electron chi connectivity index (χ1n) is 16.4. The van der Waals surface area contributed by atoms with Crippen LogP contribution in [0.3, 0.4) is 0 Å². The molecule has 0 aliphatic heterocycles. The van der Waals surface area contributed by atoms with Crippen LogP contribution in [0.25, 0.3) is 65.7 Å². The Labute approximate surface area is 303 Å². The van der Waals surface area contributed by atoms with Gasteiger partial charge >= 0.3 is 0 Å². The van der Waals surface area contributed by atoms with Crippen molar-refractivity contribution in [3.05, 3.63) is 115 Å². The molecule has 0 aliphatic carbocycles. The Balaban J connectivity index is 1.39. The Bertz CT molecular complexity index is 2740. The first-order chi connectivity index (χ1) is 25.5. The average Bonchev–Trinajstić information content (AvgIpc) is 3.17. The van der Waals surface area contributed by atoms with Gasteiger partial charge in [-0.15, -0.1) is 0 Å². The van der Waals surface area contributed by atoms with E-state index in [4.69, 9.17) is 12.6 Å². The second-order valence-electron chi connectivity index (χ2n) is 12.8. The fraction of sp³-hybridized carbons (Fsp3) is 0.0233. The van der Waals surface area contributed by atoms with Gasteiger partial charge in [-0.05, 0) is 85.7 Å². The highest BCUT2D eigenvalue weighted by molar-refractivity contribution is 6.37. The molecule has 0 atom stereocenters. The molecule has 0 spiro atoms. The fourth-order valence-corrected chi connectivity index (χ4v) is 7.12. The third-order valence-corrected chi connectivity index (χ3v) is 9.67. The van der Waals surface area contributed by atoms with Crippen molar-refractivity contribution in [1.82, 2.24) is 0 Å². The molecule has 2 radical (unpaired) electrons. The van der Waals surface area contributed by atoms with E-state index in [2.05, 4.69) is 0 Å². The van der Waals surface area contributed by atoms with E-state index in [1.54, 1.807) is 24.3 Å². The number of hydrogen-bond acceptors (Lipinski definition) is 9. The topological polar surface area (TPSA) is 171 Å². The minimum atomic E-state index is -1.17. The van der Waals surface area contributed by atoms with Crippen LogP contribution in [-0.2, 0) is 0 Å². The van der Waals surface area contributed by atoms with Gasteiger partial charge in [0.05, 0.1) is 5.56 Å². The molecule has 0 aromatic heterocycles. The van der Waals surface area contributed by atoms with Crippen molar-refractivity contribution in [2.45, 2.75) is 6.92 Å². The normalized spacial score (nSPS) is 11.4. The van der Waals surface area contributed by atoms with Crippen molar-refractivity contribution >= 4 is 45.6 Å². The molecule has 8 aromatic rings. The largest absolute Gasteiger partial charge is 0.508 e. The van der Waals surface area contributed by atoms with Gasteiger partial charge in [-0.25, -0.2) is 0 Å². The number of phenols is 8. The summed E-state index contributed by atoms with van der Waals surface area (Å²) in [5.74, 6) is -7.08. The van der Waals surface area contributed by atoms with E-state index in [9.17, 15) is 40.9 Å². The molecule has 0 saturated carbocycles. The van der Waals surface area contributed by atoms with Crippen molar-refractivity contribution in [2.24, 2.45) is 0 Å². The highest BCUT2D eigenvalue weighted by Crippen LogP contribution is 2.61. The summed E-state index contributed by atoms with van der Waals surface area (Å²) in [6, 6.07) is 34.2. The van der Waals surface area contributed by atoms with E-state index >= 15 is 0 Å². The van der Waals surface area contributed by atoms with Crippen LogP contribution in [0.2, 0.25) is 0 Å². The first kappa shape index (κ1) is 33.0. The predicted molar refractivity (Wildman–Crippen MR) is 205 cm³/mol. The number of phenolic OH excluding ortho intramolecular Hbond substituents is 8. The van der Waals surface area contributed by atoms with Gasteiger partial charge in [-0.1, -0.05) is 84.9 Å². The van der Waals surface area contributed by atoms with Crippen LogP contribution in [0, 0.1) is 6.92 Å². The number of hydrogen-bond donors (Lipinski definition) is 8. The lowest BCUT2D eigenvalue weighted by atomic mass is 9.81. The van der Waals surface area contributed by atoms with Gasteiger partial charge in [0, 0.05) is 16.7 Å². The van der Waals surface area contributed by atoms with Gasteiger partial charge in [0.2, 0.25) is 17.2 Å². The molecular formula is C43H29BO9. The summed E-state index contributed by atoms with van der Waals surface area (Å²) in [6.45, 7) is 1.95. The van der Waals surface area contributed by atoms with Crippen molar-refractivity contribution in [2.75, 3.05) is 0 Å². The summed E-state index contributed by atoms with van der Waals surface area (Å²) < 4.78 is 6.33. The molecule has 53 heavy (non-hydrogen) atoms. The van der Waals surface area contributed by atoms with E-state index in [0.29, 0.717) is 33.0 Å². The van der Waals surface area contributed by atoms with Crippen molar-refractivity contribution in [1.29, 1.82) is 0 Å². The number of aryl methyl sites for hydroxylation is 1. The van der Waals surface area contributed by atoms with Crippen LogP contribution in [0.1, 0.15) is 5.56 Å². The third kappa shape index (κ3) is 5.03. The second-order valence-corrected chi connectivity index (χ2v) is 12.8. The number of rotatable bonds is 5. The second kappa shape index (κ2) is 12.2. The molecule has 0 aliphatic rings. The molecule has 0 fully saturated rings. The molecule has 0 unspecified atom stereocenters. The predicted octanol–water partition coefficient (Wildman–Crippen LogP) is 8.69. The number of aromatic hydroxyl groups is 8. The summed E-state index contributed by atoms with van der Waals surface area (Å²) in [5.41, 5.74) is 0.372. The maximum Gasteiger partial charge on any atom is 0.204 e. The van der Waals surface area contributed by atoms with Crippen LogP contribution >= 0.6 is 0 Å². The van der Waals surface area contributed by atoms with Gasteiger partial charge < -0.3 is 45.6 Å². The summed E-state index contributed by atoms with van der Waals surface area (Å²) in [7, 11) is 5.85. The van der Waals surface area contributed by atoms with Crippen molar-refractivity contribution in [3.63, 3.8) is 0 Å². The number of fused-ring (bicyclic) bond motifs is 3. The lowest BCUT2D eigenvalue weighted by Gasteiger charge is -2.23. The van der Waals surface area contributed by atoms with Crippen molar-refractivity contribution in [3.8, 4) is 90.9 Å². The third-order valence-electron chi connectivity index (χ3n) is 9.67. The molecule has 10 heteroatoms. The molecule has 258 valence electrons. The van der Waals surface area contributed by atoms with E-state index in [0.717, 1.165) is 27.5 Å². The van der Waals surface area contributed by atoms with Crippen LogP contribution in [-0.4, -0.2) is 48.7 Å². The molecule has 8 N–H and O–H groups in total. The van der Waals surface area contributed by atoms with Crippen LogP contribution < -0.4 is 10.2 Å². The average molecular weight is 701 g/mol. The van der Waals surface area contributed by atoms with Crippen molar-refractivity contribution < 1.29 is 45.6 Å². The maximum atomic E-state index is 11.6. The van der Waals surface area contributed by atoms with Gasteiger partial charge in [-0.2, -0.15) is 0 Å². The Morgan fingerprint density at radius 2 is 0.906 bits per heavy atom. The van der Waals surface area contributed by atoms with E-state index in [-0.39, 0.29) is 11.1 Å². The first-order valence-corrected chi connectivity index (χ1v) is 16.4. The zero-order valence-corrected chi connectivity index (χ0v) is 28.0. The highest BCUT2D eigenvalue weighted by atomic mass is 16.5. The summed E-state index contributed by atoms with van der Waals surface area (Å²) in [6.07, 6.45) is 0. The van der Waals surface area contributed by atoms with Crippen LogP contribution in [0.5, 0.6) is 57.5 Å². The monoisotopic (exact) mass is 700 g/mol. The molecule has 0 heterocycles. The Hall–Kier alpha value is -7.20. The highest BCUT2D eigenvalue weighted by Gasteiger charge is 2.33. The van der Waals surface area contributed by atoms with E-state index < -0.39 is 62.6 Å². The zero-order valence-electron chi connectivity index (χ0n) is 28.0. The fourth-order valence-electron chi connectivity index (χ4n) is 7.12. The van der Waals surface area contributed by atoms with Gasteiger partial charge in [-0.3, -0.25) is 0 Å². The molecular weight excluding hydrogens is 671 g/mol. The molecule has 0 amide bonds. The lowest BCUT2D eigenvalue weighted by Crippen LogP contribution is -2.06. The van der Waals surface area contributed by atoms with Gasteiger partial charge in [0.15, 0.2) is 23.0 Å². The molecule has 8 rings (SSSR count). The number of ether oxygens (including phenoxy) is 1. The SMILES string of the molecule is [B]c1c(O)c(O)c(O)c(-c2c(O)c(O)c(O)c(O)c2-c2c3ccccc3c(-c3ccc(Oc4ccc5ccccc5c4)c(C)c3)c3ccccc23)c1O. The molecule has 0 bridgehead atoms. The van der Waals surface area contributed by atoms with Crippen LogP contribution in [0.4, 0.5) is 0 Å². The minimum Gasteiger partial charge on any atom is -0.508 e. The van der Waals surface area contributed by atoms with Gasteiger partial charge in [0.1, 0.15) is 25.1 Å². The lowest BCUT2D eigenvalue weighted by molar-refractivity contribution is 0.347. The summed E-state index contributed by atoms with van der Waals surface area (Å²) >= 11 is 0. The molecule has 0 saturated heterocycles. The summed E-state index contributed by atoms with van der Waals surface area (Å²) in [4.78, 5) is 0. The standard InChI is InChI=1S/C43H29BO9/c1-20-18-23(15-17-29(20)53-24-16-14-21-8-2-3-9-22(21)19-24)30-25-10-4-6-12-27(25)31(28-13-7-5-11-26(28)30)32-33(38(47)43(52)42(51)37(32)46)34-36(45)35(44)40(49)41(50)39(34)48/h2-19,45-52H,1H3. The zero-order chi connectivity index (χ0) is 37.3. The molecule has 8 aromatic carbocycles. The summed E-state index contributed by atoms with van der Waals surface area (Å²) in [5, 5.41) is 91.9. The van der Waals surface area contributed by atoms with Gasteiger partial charge in [0.25, 0.3) is 0 Å². The van der Waals surface area contributed by atoms with E-state index in [1.165, 1.54) is 0 Å². The Morgan fingerprint density at radius 1 is 0.415 bits per heavy atom. The molecule has 9 nitrogen and oxygen atoms in total. The Kier molecular flexibility index (Phi) is 7.62. The number of benzene rings is 8. The smallest absolute Gasteiger partial charge is 0.204 e. The van der Waals surface area contributed by atoms with Crippen LogP contribution in [0.15, 0.2) is 109 Å². The minimum absolute atomic E-state index is 0.232. The Morgan fingerprint density at radius 3 is 1.49 bits per heavy atom. The maximum absolute atomic E-state index is 11.6. The quantitative estimate of drug-likeness (QED) is 0.0379.